The molecule has 92 valence electrons. The maximum absolute atomic E-state index is 5.56. The number of rotatable bonds is 8. The van der Waals surface area contributed by atoms with Crippen LogP contribution in [0.4, 0.5) is 0 Å². The van der Waals surface area contributed by atoms with Gasteiger partial charge in [-0.05, 0) is 6.42 Å². The van der Waals surface area contributed by atoms with Gasteiger partial charge in [0.25, 0.3) is 0 Å². The van der Waals surface area contributed by atoms with Gasteiger partial charge >= 0.3 is 0 Å². The van der Waals surface area contributed by atoms with Crippen LogP contribution in [0, 0.1) is 0 Å². The largest absolute Gasteiger partial charge is 0.340 e. The minimum atomic E-state index is 0.197. The van der Waals surface area contributed by atoms with Gasteiger partial charge in [0.1, 0.15) is 0 Å². The summed E-state index contributed by atoms with van der Waals surface area (Å²) in [6.07, 6.45) is 11.4. The molecule has 1 heterocycles. The van der Waals surface area contributed by atoms with Crippen LogP contribution in [-0.4, -0.2) is 9.55 Å². The molecule has 0 aromatic carbocycles. The summed E-state index contributed by atoms with van der Waals surface area (Å²) in [5, 5.41) is 0. The minimum absolute atomic E-state index is 0.197. The zero-order valence-corrected chi connectivity index (χ0v) is 10.4. The van der Waals surface area contributed by atoms with Gasteiger partial charge in [-0.25, -0.2) is 4.98 Å². The lowest BCUT2D eigenvalue weighted by atomic mass is 10.1. The Labute approximate surface area is 98.2 Å². The number of hydrogen-bond acceptors (Lipinski definition) is 3. The van der Waals surface area contributed by atoms with Gasteiger partial charge in [0, 0.05) is 13.2 Å². The Balaban J connectivity index is 2.27. The lowest BCUT2D eigenvalue weighted by Gasteiger charge is -2.12. The van der Waals surface area contributed by atoms with E-state index >= 15 is 0 Å². The molecule has 0 saturated carbocycles. The van der Waals surface area contributed by atoms with Gasteiger partial charge in [0.2, 0.25) is 0 Å². The Kier molecular flexibility index (Phi) is 6.11. The normalized spacial score (nSPS) is 12.9. The summed E-state index contributed by atoms with van der Waals surface area (Å²) in [5.41, 5.74) is 3.89. The molecule has 4 heteroatoms. The molecule has 1 rings (SSSR count). The van der Waals surface area contributed by atoms with E-state index in [1.165, 1.54) is 32.1 Å². The molecular formula is C12H24N4. The van der Waals surface area contributed by atoms with Crippen LogP contribution in [-0.2, 0) is 7.05 Å². The van der Waals surface area contributed by atoms with Crippen LogP contribution in [0.15, 0.2) is 12.5 Å². The summed E-state index contributed by atoms with van der Waals surface area (Å²) < 4.78 is 1.96. The summed E-state index contributed by atoms with van der Waals surface area (Å²) in [4.78, 5) is 4.32. The molecule has 0 saturated heterocycles. The third kappa shape index (κ3) is 4.33. The number of imidazole rings is 1. The Morgan fingerprint density at radius 2 is 2.12 bits per heavy atom. The molecule has 4 nitrogen and oxygen atoms in total. The molecule has 0 radical (unpaired) electrons. The third-order valence-electron chi connectivity index (χ3n) is 2.88. The molecule has 0 aliphatic carbocycles. The van der Waals surface area contributed by atoms with Crippen LogP contribution in [0.5, 0.6) is 0 Å². The van der Waals surface area contributed by atoms with Crippen molar-refractivity contribution < 1.29 is 0 Å². The highest BCUT2D eigenvalue weighted by Crippen LogP contribution is 2.17. The number of nitrogens with one attached hydrogen (secondary N) is 1. The summed E-state index contributed by atoms with van der Waals surface area (Å²) in [6, 6.07) is 0.197. The summed E-state index contributed by atoms with van der Waals surface area (Å²) >= 11 is 0. The molecule has 0 aliphatic rings. The zero-order valence-electron chi connectivity index (χ0n) is 10.4. The van der Waals surface area contributed by atoms with E-state index in [-0.39, 0.29) is 6.04 Å². The Hall–Kier alpha value is -0.870. The molecule has 0 aliphatic heterocycles. The van der Waals surface area contributed by atoms with Crippen molar-refractivity contribution >= 4 is 0 Å². The van der Waals surface area contributed by atoms with Gasteiger partial charge in [0.05, 0.1) is 18.1 Å². The molecular weight excluding hydrogens is 200 g/mol. The highest BCUT2D eigenvalue weighted by molar-refractivity contribution is 5.02. The number of aromatic nitrogens is 2. The van der Waals surface area contributed by atoms with E-state index in [0.717, 1.165) is 12.1 Å². The van der Waals surface area contributed by atoms with E-state index in [4.69, 9.17) is 5.84 Å². The predicted octanol–water partition coefficient (Wildman–Crippen LogP) is 2.29. The monoisotopic (exact) mass is 224 g/mol. The molecule has 0 spiro atoms. The van der Waals surface area contributed by atoms with Gasteiger partial charge in [-0.15, -0.1) is 0 Å². The number of nitrogens with two attached hydrogens (primary N) is 1. The standard InChI is InChI=1S/C12H24N4/c1-3-4-5-6-7-8-11(15-13)12-9-16(2)10-14-12/h9-11,15H,3-8,13H2,1-2H3. The summed E-state index contributed by atoms with van der Waals surface area (Å²) in [5.74, 6) is 5.56. The van der Waals surface area contributed by atoms with Crippen molar-refractivity contribution in [2.45, 2.75) is 51.5 Å². The van der Waals surface area contributed by atoms with Crippen molar-refractivity contribution in [3.8, 4) is 0 Å². The summed E-state index contributed by atoms with van der Waals surface area (Å²) in [6.45, 7) is 2.23. The van der Waals surface area contributed by atoms with E-state index in [9.17, 15) is 0 Å². The second-order valence-corrected chi connectivity index (χ2v) is 4.39. The maximum Gasteiger partial charge on any atom is 0.0947 e. The van der Waals surface area contributed by atoms with Gasteiger partial charge in [0.15, 0.2) is 0 Å². The van der Waals surface area contributed by atoms with Gasteiger partial charge in [-0.1, -0.05) is 39.0 Å². The van der Waals surface area contributed by atoms with E-state index < -0.39 is 0 Å². The Morgan fingerprint density at radius 1 is 1.38 bits per heavy atom. The molecule has 0 amide bonds. The number of hydrazine groups is 1. The van der Waals surface area contributed by atoms with Crippen molar-refractivity contribution in [3.05, 3.63) is 18.2 Å². The number of unbranched alkanes of at least 4 members (excludes halogenated alkanes) is 4. The second kappa shape index (κ2) is 7.41. The van der Waals surface area contributed by atoms with E-state index in [0.29, 0.717) is 0 Å². The first-order valence-corrected chi connectivity index (χ1v) is 6.22. The van der Waals surface area contributed by atoms with Gasteiger partial charge in [-0.3, -0.25) is 11.3 Å². The molecule has 0 bridgehead atoms. The SMILES string of the molecule is CCCCCCCC(NN)c1cn(C)cn1. The topological polar surface area (TPSA) is 55.9 Å². The number of aryl methyl sites for hydroxylation is 1. The maximum atomic E-state index is 5.56. The van der Waals surface area contributed by atoms with Gasteiger partial charge < -0.3 is 4.57 Å². The average Bonchev–Trinajstić information content (AvgIpc) is 2.70. The van der Waals surface area contributed by atoms with Crippen molar-refractivity contribution in [2.75, 3.05) is 0 Å². The van der Waals surface area contributed by atoms with Crippen LogP contribution >= 0.6 is 0 Å². The fourth-order valence-electron chi connectivity index (χ4n) is 1.88. The smallest absolute Gasteiger partial charge is 0.0947 e. The predicted molar refractivity (Wildman–Crippen MR) is 66.6 cm³/mol. The minimum Gasteiger partial charge on any atom is -0.340 e. The van der Waals surface area contributed by atoms with Crippen molar-refractivity contribution in [2.24, 2.45) is 12.9 Å². The Bertz CT molecular complexity index is 282. The number of hydrogen-bond donors (Lipinski definition) is 2. The molecule has 1 unspecified atom stereocenters. The average molecular weight is 224 g/mol. The van der Waals surface area contributed by atoms with Crippen LogP contribution < -0.4 is 11.3 Å². The van der Waals surface area contributed by atoms with Gasteiger partial charge in [-0.2, -0.15) is 0 Å². The van der Waals surface area contributed by atoms with Crippen LogP contribution in [0.3, 0.4) is 0 Å². The zero-order chi connectivity index (χ0) is 11.8. The van der Waals surface area contributed by atoms with Crippen molar-refractivity contribution in [3.63, 3.8) is 0 Å². The highest BCUT2D eigenvalue weighted by Gasteiger charge is 2.11. The first-order chi connectivity index (χ1) is 7.77. The molecule has 0 fully saturated rings. The van der Waals surface area contributed by atoms with Crippen LogP contribution in [0.25, 0.3) is 0 Å². The quantitative estimate of drug-likeness (QED) is 0.404. The molecule has 1 aromatic rings. The summed E-state index contributed by atoms with van der Waals surface area (Å²) in [7, 11) is 1.98. The first-order valence-electron chi connectivity index (χ1n) is 6.22. The first kappa shape index (κ1) is 13.2. The van der Waals surface area contributed by atoms with Crippen molar-refractivity contribution in [1.82, 2.24) is 15.0 Å². The molecule has 1 aromatic heterocycles. The molecule has 16 heavy (non-hydrogen) atoms. The van der Waals surface area contributed by atoms with E-state index in [2.05, 4.69) is 17.3 Å². The lowest BCUT2D eigenvalue weighted by molar-refractivity contribution is 0.471. The third-order valence-corrected chi connectivity index (χ3v) is 2.88. The van der Waals surface area contributed by atoms with E-state index in [1.807, 2.05) is 24.1 Å². The lowest BCUT2D eigenvalue weighted by Crippen LogP contribution is -2.28. The van der Waals surface area contributed by atoms with Crippen molar-refractivity contribution in [1.29, 1.82) is 0 Å². The fraction of sp³-hybridized carbons (Fsp3) is 0.750. The molecule has 3 N–H and O–H groups in total. The van der Waals surface area contributed by atoms with E-state index in [1.54, 1.807) is 0 Å². The van der Waals surface area contributed by atoms with Crippen LogP contribution in [0.1, 0.15) is 57.2 Å². The second-order valence-electron chi connectivity index (χ2n) is 4.39. The van der Waals surface area contributed by atoms with Crippen LogP contribution in [0.2, 0.25) is 0 Å². The number of nitrogens with zero attached hydrogens (tertiary/aromatic N) is 2. The molecule has 1 atom stereocenters. The Morgan fingerprint density at radius 3 is 2.69 bits per heavy atom. The fourth-order valence-corrected chi connectivity index (χ4v) is 1.88. The highest BCUT2D eigenvalue weighted by atomic mass is 15.2.